The Morgan fingerprint density at radius 1 is 1.00 bits per heavy atom. The molecule has 1 aliphatic heterocycles. The summed E-state index contributed by atoms with van der Waals surface area (Å²) in [6.07, 6.45) is 3.18. The van der Waals surface area contributed by atoms with Gasteiger partial charge < -0.3 is 9.47 Å². The van der Waals surface area contributed by atoms with Gasteiger partial charge in [0.1, 0.15) is 12.4 Å². The van der Waals surface area contributed by atoms with Gasteiger partial charge in [0.25, 0.3) is 5.91 Å². The van der Waals surface area contributed by atoms with Gasteiger partial charge in [0.15, 0.2) is 0 Å². The first-order chi connectivity index (χ1) is 18.9. The Morgan fingerprint density at radius 3 is 2.51 bits per heavy atom. The number of hydrogen-bond acceptors (Lipinski definition) is 6. The summed E-state index contributed by atoms with van der Waals surface area (Å²) in [5.41, 5.74) is 4.48. The molecule has 7 nitrogen and oxygen atoms in total. The minimum absolute atomic E-state index is 0.00418. The molecule has 2 heterocycles. The maximum Gasteiger partial charge on any atom is 0.339 e. The predicted octanol–water partition coefficient (Wildman–Crippen LogP) is 6.11. The number of hydrogen-bond donors (Lipinski definition) is 0. The van der Waals surface area contributed by atoms with E-state index in [1.165, 1.54) is 13.3 Å². The zero-order chi connectivity index (χ0) is 27.4. The topological polar surface area (TPSA) is 85.8 Å². The third-order valence-corrected chi connectivity index (χ3v) is 6.45. The van der Waals surface area contributed by atoms with Crippen LogP contribution in [-0.4, -0.2) is 29.9 Å². The van der Waals surface area contributed by atoms with E-state index in [0.29, 0.717) is 39.8 Å². The molecule has 2 amide bonds. The second kappa shape index (κ2) is 11.3. The van der Waals surface area contributed by atoms with E-state index < -0.39 is 5.97 Å². The summed E-state index contributed by atoms with van der Waals surface area (Å²) in [7, 11) is 1.33. The summed E-state index contributed by atoms with van der Waals surface area (Å²) in [5, 5.41) is 0.449. The van der Waals surface area contributed by atoms with Gasteiger partial charge in [-0.1, -0.05) is 60.1 Å². The van der Waals surface area contributed by atoms with Gasteiger partial charge in [0, 0.05) is 27.9 Å². The molecule has 0 unspecified atom stereocenters. The van der Waals surface area contributed by atoms with Crippen molar-refractivity contribution in [2.75, 3.05) is 12.0 Å². The number of ether oxygens (including phenoxy) is 2. The molecule has 1 saturated heterocycles. The van der Waals surface area contributed by atoms with Gasteiger partial charge in [-0.2, -0.15) is 0 Å². The van der Waals surface area contributed by atoms with Crippen LogP contribution in [0.2, 0.25) is 5.02 Å². The molecular weight excluding hydrogens is 516 g/mol. The lowest BCUT2D eigenvalue weighted by molar-refractivity contribution is -0.120. The van der Waals surface area contributed by atoms with Gasteiger partial charge in [0.2, 0.25) is 5.91 Å². The first kappa shape index (κ1) is 25.9. The molecule has 0 radical (unpaired) electrons. The average molecular weight is 539 g/mol. The van der Waals surface area contributed by atoms with Crippen molar-refractivity contribution in [2.24, 2.45) is 0 Å². The molecule has 0 atom stereocenters. The van der Waals surface area contributed by atoms with Crippen molar-refractivity contribution in [3.05, 3.63) is 118 Å². The number of amides is 2. The zero-order valence-electron chi connectivity index (χ0n) is 21.0. The highest BCUT2D eigenvalue weighted by Crippen LogP contribution is 2.31. The second-order valence-electron chi connectivity index (χ2n) is 8.81. The monoisotopic (exact) mass is 538 g/mol. The predicted molar refractivity (Wildman–Crippen MR) is 148 cm³/mol. The third-order valence-electron chi connectivity index (χ3n) is 6.21. The quantitative estimate of drug-likeness (QED) is 0.160. The fourth-order valence-corrected chi connectivity index (χ4v) is 4.40. The second-order valence-corrected chi connectivity index (χ2v) is 9.24. The molecule has 3 aromatic carbocycles. The molecule has 1 fully saturated rings. The first-order valence-electron chi connectivity index (χ1n) is 12.1. The molecular formula is C31H23ClN2O5. The van der Waals surface area contributed by atoms with Crippen LogP contribution in [0.25, 0.3) is 17.3 Å². The lowest BCUT2D eigenvalue weighted by atomic mass is 10.1. The number of rotatable bonds is 7. The van der Waals surface area contributed by atoms with Crippen LogP contribution in [0.15, 0.2) is 96.7 Å². The largest absolute Gasteiger partial charge is 0.488 e. The van der Waals surface area contributed by atoms with E-state index in [1.54, 1.807) is 42.5 Å². The number of benzene rings is 3. The van der Waals surface area contributed by atoms with E-state index in [2.05, 4.69) is 4.98 Å². The lowest BCUT2D eigenvalue weighted by Crippen LogP contribution is -2.28. The fourth-order valence-electron chi connectivity index (χ4n) is 4.22. The molecule has 4 aromatic rings. The van der Waals surface area contributed by atoms with Crippen molar-refractivity contribution in [2.45, 2.75) is 13.0 Å². The number of anilines is 1. The smallest absolute Gasteiger partial charge is 0.339 e. The molecule has 1 aromatic heterocycles. The summed E-state index contributed by atoms with van der Waals surface area (Å²) in [4.78, 5) is 42.8. The van der Waals surface area contributed by atoms with Crippen molar-refractivity contribution in [3.8, 4) is 17.0 Å². The number of para-hydroxylation sites is 1. The van der Waals surface area contributed by atoms with Gasteiger partial charge in [-0.25, -0.2) is 9.69 Å². The third kappa shape index (κ3) is 5.73. The van der Waals surface area contributed by atoms with Crippen molar-refractivity contribution < 1.29 is 23.9 Å². The Balaban J connectivity index is 1.28. The lowest BCUT2D eigenvalue weighted by Gasteiger charge is -2.13. The van der Waals surface area contributed by atoms with Crippen LogP contribution in [0.3, 0.4) is 0 Å². The molecule has 1 aliphatic rings. The maximum atomic E-state index is 13.1. The molecule has 39 heavy (non-hydrogen) atoms. The van der Waals surface area contributed by atoms with E-state index in [-0.39, 0.29) is 18.2 Å². The number of carbonyl (C=O) groups is 3. The first-order valence-corrected chi connectivity index (χ1v) is 12.5. The van der Waals surface area contributed by atoms with Crippen LogP contribution in [-0.2, 0) is 20.9 Å². The number of aromatic nitrogens is 1. The standard InChI is InChI=1S/C31H23ClN2O5/c1-38-31(37)23-13-14-27(33-18-23)21-11-9-20(10-12-21)19-39-28-8-3-2-5-22(28)15-24-16-29(35)34(30(24)36)26-7-4-6-25(32)17-26/h2-15,17-18H,16,19H2,1H3/b24-15+. The molecule has 0 aliphatic carbocycles. The van der Waals surface area contributed by atoms with E-state index in [0.717, 1.165) is 21.7 Å². The number of imide groups is 1. The molecule has 0 bridgehead atoms. The minimum atomic E-state index is -0.431. The number of methoxy groups -OCH3 is 1. The van der Waals surface area contributed by atoms with Crippen LogP contribution in [0.5, 0.6) is 5.75 Å². The van der Waals surface area contributed by atoms with Crippen LogP contribution in [0.4, 0.5) is 5.69 Å². The number of nitrogens with zero attached hydrogens (tertiary/aromatic N) is 2. The normalized spacial score (nSPS) is 14.1. The van der Waals surface area contributed by atoms with E-state index in [1.807, 2.05) is 48.5 Å². The summed E-state index contributed by atoms with van der Waals surface area (Å²) >= 11 is 6.05. The summed E-state index contributed by atoms with van der Waals surface area (Å²) in [5.74, 6) is -0.516. The Bertz CT molecular complexity index is 1580. The van der Waals surface area contributed by atoms with Crippen LogP contribution in [0.1, 0.15) is 27.9 Å². The van der Waals surface area contributed by atoms with E-state index in [4.69, 9.17) is 21.1 Å². The minimum Gasteiger partial charge on any atom is -0.488 e. The summed E-state index contributed by atoms with van der Waals surface area (Å²) in [6.45, 7) is 0.302. The Hall–Kier alpha value is -4.75. The molecule has 5 rings (SSSR count). The maximum absolute atomic E-state index is 13.1. The van der Waals surface area contributed by atoms with Crippen LogP contribution >= 0.6 is 11.6 Å². The van der Waals surface area contributed by atoms with Gasteiger partial charge in [0.05, 0.1) is 30.5 Å². The number of carbonyl (C=O) groups excluding carboxylic acids is 3. The van der Waals surface area contributed by atoms with Gasteiger partial charge in [-0.15, -0.1) is 0 Å². The molecule has 194 valence electrons. The molecule has 0 N–H and O–H groups in total. The van der Waals surface area contributed by atoms with Gasteiger partial charge >= 0.3 is 5.97 Å². The van der Waals surface area contributed by atoms with Crippen molar-refractivity contribution in [1.29, 1.82) is 0 Å². The van der Waals surface area contributed by atoms with Gasteiger partial charge in [-0.05, 0) is 48.0 Å². The highest BCUT2D eigenvalue weighted by molar-refractivity contribution is 6.32. The Morgan fingerprint density at radius 2 is 1.79 bits per heavy atom. The average Bonchev–Trinajstić information content (AvgIpc) is 3.24. The Kier molecular flexibility index (Phi) is 7.52. The van der Waals surface area contributed by atoms with Crippen molar-refractivity contribution in [3.63, 3.8) is 0 Å². The molecule has 0 saturated carbocycles. The van der Waals surface area contributed by atoms with Crippen molar-refractivity contribution in [1.82, 2.24) is 4.98 Å². The number of esters is 1. The number of pyridine rings is 1. The van der Waals surface area contributed by atoms with Gasteiger partial charge in [-0.3, -0.25) is 14.6 Å². The van der Waals surface area contributed by atoms with E-state index >= 15 is 0 Å². The highest BCUT2D eigenvalue weighted by Gasteiger charge is 2.35. The summed E-state index contributed by atoms with van der Waals surface area (Å²) < 4.78 is 10.8. The Labute approximate surface area is 230 Å². The van der Waals surface area contributed by atoms with Crippen LogP contribution < -0.4 is 9.64 Å². The summed E-state index contributed by atoms with van der Waals surface area (Å²) in [6, 6.07) is 25.2. The van der Waals surface area contributed by atoms with Crippen molar-refractivity contribution >= 4 is 41.1 Å². The molecule has 0 spiro atoms. The zero-order valence-corrected chi connectivity index (χ0v) is 21.7. The van der Waals surface area contributed by atoms with Crippen LogP contribution in [0, 0.1) is 0 Å². The molecule has 8 heteroatoms. The highest BCUT2D eigenvalue weighted by atomic mass is 35.5. The number of halogens is 1. The SMILES string of the molecule is COC(=O)c1ccc(-c2ccc(COc3ccccc3/C=C3\CC(=O)N(c4cccc(Cl)c4)C3=O)cc2)nc1. The fraction of sp³-hybridized carbons (Fsp3) is 0.0968. The van der Waals surface area contributed by atoms with E-state index in [9.17, 15) is 14.4 Å².